The maximum Gasteiger partial charge on any atom is 0.331 e. The molecule has 2 saturated carbocycles. The van der Waals surface area contributed by atoms with Crippen LogP contribution >= 0.6 is 0 Å². The summed E-state index contributed by atoms with van der Waals surface area (Å²) in [6.07, 6.45) is 5.05. The van der Waals surface area contributed by atoms with E-state index in [-0.39, 0.29) is 42.0 Å². The molecule has 0 amide bonds. The predicted octanol–water partition coefficient (Wildman–Crippen LogP) is 3.35. The lowest BCUT2D eigenvalue weighted by molar-refractivity contribution is -0.142. The third-order valence-electron chi connectivity index (χ3n) is 7.14. The summed E-state index contributed by atoms with van der Waals surface area (Å²) in [5, 5.41) is 19.3. The molecule has 5 atom stereocenters. The molecule has 0 saturated heterocycles. The van der Waals surface area contributed by atoms with E-state index in [0.29, 0.717) is 5.92 Å². The molecule has 28 heavy (non-hydrogen) atoms. The minimum Gasteiger partial charge on any atom is -0.478 e. The lowest BCUT2D eigenvalue weighted by Crippen LogP contribution is -2.32. The lowest BCUT2D eigenvalue weighted by Gasteiger charge is -2.38. The van der Waals surface area contributed by atoms with E-state index in [4.69, 9.17) is 9.47 Å². The molecule has 2 bridgehead atoms. The minimum absolute atomic E-state index is 0.0411. The number of aliphatic carboxylic acids is 1. The van der Waals surface area contributed by atoms with Crippen molar-refractivity contribution in [3.8, 4) is 0 Å². The molecule has 2 aliphatic carbocycles. The van der Waals surface area contributed by atoms with Gasteiger partial charge in [-0.1, -0.05) is 33.4 Å². The molecule has 6 heteroatoms. The Labute approximate surface area is 167 Å². The van der Waals surface area contributed by atoms with Gasteiger partial charge in [0.15, 0.2) is 0 Å². The van der Waals surface area contributed by atoms with Crippen molar-refractivity contribution in [2.24, 2.45) is 22.7 Å². The van der Waals surface area contributed by atoms with Crippen LogP contribution in [0.2, 0.25) is 0 Å². The molecule has 6 nitrogen and oxygen atoms in total. The molecule has 0 heterocycles. The highest BCUT2D eigenvalue weighted by molar-refractivity contribution is 5.86. The number of aliphatic hydroxyl groups excluding tert-OH is 1. The Morgan fingerprint density at radius 2 is 1.96 bits per heavy atom. The molecule has 5 unspecified atom stereocenters. The molecule has 2 N–H and O–H groups in total. The molecule has 2 aliphatic rings. The number of aliphatic hydroxyl groups is 1. The summed E-state index contributed by atoms with van der Waals surface area (Å²) in [4.78, 5) is 23.3. The van der Waals surface area contributed by atoms with E-state index in [9.17, 15) is 19.8 Å². The first-order valence-corrected chi connectivity index (χ1v) is 10.0. The van der Waals surface area contributed by atoms with Gasteiger partial charge in [0.05, 0.1) is 18.8 Å². The SMILES string of the molecule is C=CC(=O)OCC(CC(=CC1CC2CCC1(C)C2(C)C)C(=O)O)OCC(C)O. The van der Waals surface area contributed by atoms with Crippen LogP contribution in [0.25, 0.3) is 0 Å². The highest BCUT2D eigenvalue weighted by atomic mass is 16.6. The number of allylic oxidation sites excluding steroid dienone is 1. The molecular weight excluding hydrogens is 360 g/mol. The van der Waals surface area contributed by atoms with Crippen LogP contribution in [0.1, 0.15) is 53.4 Å². The molecule has 0 aromatic rings. The maximum atomic E-state index is 11.9. The van der Waals surface area contributed by atoms with Crippen LogP contribution in [0.15, 0.2) is 24.3 Å². The average Bonchev–Trinajstić information content (AvgIpc) is 2.95. The van der Waals surface area contributed by atoms with Crippen molar-refractivity contribution in [2.75, 3.05) is 13.2 Å². The zero-order chi connectivity index (χ0) is 21.1. The van der Waals surface area contributed by atoms with Gasteiger partial charge in [-0.2, -0.15) is 0 Å². The first kappa shape index (κ1) is 22.6. The van der Waals surface area contributed by atoms with Crippen LogP contribution in [-0.4, -0.2) is 47.6 Å². The fourth-order valence-electron chi connectivity index (χ4n) is 4.91. The lowest BCUT2D eigenvalue weighted by atomic mass is 9.66. The molecule has 0 aromatic carbocycles. The van der Waals surface area contributed by atoms with Crippen molar-refractivity contribution >= 4 is 11.9 Å². The number of carbonyl (C=O) groups excluding carboxylic acids is 1. The van der Waals surface area contributed by atoms with Gasteiger partial charge in [-0.3, -0.25) is 0 Å². The van der Waals surface area contributed by atoms with Crippen molar-refractivity contribution in [3.63, 3.8) is 0 Å². The third kappa shape index (κ3) is 4.66. The van der Waals surface area contributed by atoms with Gasteiger partial charge in [0.25, 0.3) is 0 Å². The van der Waals surface area contributed by atoms with Crippen molar-refractivity contribution in [1.29, 1.82) is 0 Å². The Hall–Kier alpha value is -1.66. The Bertz CT molecular complexity index is 635. The van der Waals surface area contributed by atoms with Crippen LogP contribution in [0.3, 0.4) is 0 Å². The van der Waals surface area contributed by atoms with Gasteiger partial charge in [-0.05, 0) is 48.9 Å². The molecule has 2 rings (SSSR count). The van der Waals surface area contributed by atoms with Gasteiger partial charge >= 0.3 is 11.9 Å². The van der Waals surface area contributed by atoms with Crippen LogP contribution in [0.4, 0.5) is 0 Å². The van der Waals surface area contributed by atoms with Gasteiger partial charge < -0.3 is 19.7 Å². The summed E-state index contributed by atoms with van der Waals surface area (Å²) in [6.45, 7) is 11.8. The normalized spacial score (nSPS) is 30.7. The minimum atomic E-state index is -0.982. The molecule has 158 valence electrons. The summed E-state index contributed by atoms with van der Waals surface area (Å²) >= 11 is 0. The topological polar surface area (TPSA) is 93.1 Å². The number of rotatable bonds is 10. The standard InChI is InChI=1S/C22H34O6/c1-6-19(24)28-13-18(27-12-14(2)23)10-15(20(25)26)9-17-11-16-7-8-22(17,5)21(16,3)4/h6,9,14,16-18,23H,1,7-8,10-13H2,2-5H3,(H,25,26). The number of hydrogen-bond acceptors (Lipinski definition) is 5. The number of hydrogen-bond donors (Lipinski definition) is 2. The Kier molecular flexibility index (Phi) is 7.10. The number of fused-ring (bicyclic) bond motifs is 2. The Morgan fingerprint density at radius 1 is 1.29 bits per heavy atom. The fourth-order valence-corrected chi connectivity index (χ4v) is 4.91. The summed E-state index contributed by atoms with van der Waals surface area (Å²) in [7, 11) is 0. The highest BCUT2D eigenvalue weighted by Gasteiger charge is 2.60. The van der Waals surface area contributed by atoms with E-state index in [0.717, 1.165) is 18.9 Å². The number of carboxylic acid groups (broad SMARTS) is 1. The van der Waals surface area contributed by atoms with Gasteiger partial charge in [0.1, 0.15) is 6.61 Å². The summed E-state index contributed by atoms with van der Waals surface area (Å²) in [5.41, 5.74) is 0.558. The van der Waals surface area contributed by atoms with Gasteiger partial charge in [0, 0.05) is 18.1 Å². The maximum absolute atomic E-state index is 11.9. The van der Waals surface area contributed by atoms with E-state index in [1.54, 1.807) is 6.92 Å². The molecular formula is C22H34O6. The predicted molar refractivity (Wildman–Crippen MR) is 106 cm³/mol. The summed E-state index contributed by atoms with van der Waals surface area (Å²) in [5.74, 6) is -0.746. The number of esters is 1. The second kappa shape index (κ2) is 8.78. The van der Waals surface area contributed by atoms with E-state index < -0.39 is 24.1 Å². The molecule has 2 fully saturated rings. The zero-order valence-corrected chi connectivity index (χ0v) is 17.4. The van der Waals surface area contributed by atoms with Crippen LogP contribution in [0, 0.1) is 22.7 Å². The van der Waals surface area contributed by atoms with Crippen molar-refractivity contribution in [1.82, 2.24) is 0 Å². The smallest absolute Gasteiger partial charge is 0.331 e. The van der Waals surface area contributed by atoms with E-state index >= 15 is 0 Å². The fraction of sp³-hybridized carbons (Fsp3) is 0.727. The number of ether oxygens (including phenoxy) is 2. The van der Waals surface area contributed by atoms with Crippen molar-refractivity contribution in [2.45, 2.75) is 65.6 Å². The van der Waals surface area contributed by atoms with E-state index in [1.165, 1.54) is 6.42 Å². The summed E-state index contributed by atoms with van der Waals surface area (Å²) in [6, 6.07) is 0. The number of carboxylic acids is 1. The first-order chi connectivity index (χ1) is 13.0. The molecule has 0 aliphatic heterocycles. The molecule has 0 radical (unpaired) electrons. The van der Waals surface area contributed by atoms with Gasteiger partial charge in [0.2, 0.25) is 0 Å². The van der Waals surface area contributed by atoms with Crippen LogP contribution in [-0.2, 0) is 19.1 Å². The monoisotopic (exact) mass is 394 g/mol. The van der Waals surface area contributed by atoms with Crippen LogP contribution in [0.5, 0.6) is 0 Å². The Balaban J connectivity index is 2.16. The first-order valence-electron chi connectivity index (χ1n) is 10.0. The quantitative estimate of drug-likeness (QED) is 0.436. The van der Waals surface area contributed by atoms with Crippen LogP contribution < -0.4 is 0 Å². The van der Waals surface area contributed by atoms with Gasteiger partial charge in [-0.15, -0.1) is 0 Å². The summed E-state index contributed by atoms with van der Waals surface area (Å²) < 4.78 is 10.7. The third-order valence-corrected chi connectivity index (χ3v) is 7.14. The number of carbonyl (C=O) groups is 2. The molecule has 0 aromatic heterocycles. The van der Waals surface area contributed by atoms with Crippen molar-refractivity contribution in [3.05, 3.63) is 24.3 Å². The van der Waals surface area contributed by atoms with E-state index in [2.05, 4.69) is 27.4 Å². The Morgan fingerprint density at radius 3 is 2.43 bits per heavy atom. The highest BCUT2D eigenvalue weighted by Crippen LogP contribution is 2.68. The van der Waals surface area contributed by atoms with Crippen molar-refractivity contribution < 1.29 is 29.3 Å². The average molecular weight is 395 g/mol. The largest absolute Gasteiger partial charge is 0.478 e. The zero-order valence-electron chi connectivity index (χ0n) is 17.4. The second-order valence-electron chi connectivity index (χ2n) is 9.06. The van der Waals surface area contributed by atoms with Gasteiger partial charge in [-0.25, -0.2) is 9.59 Å². The molecule has 0 spiro atoms. The van der Waals surface area contributed by atoms with E-state index in [1.807, 2.05) is 6.08 Å². The second-order valence-corrected chi connectivity index (χ2v) is 9.06.